The predicted molar refractivity (Wildman–Crippen MR) is 136 cm³/mol. The monoisotopic (exact) mass is 514 g/mol. The van der Waals surface area contributed by atoms with Crippen molar-refractivity contribution >= 4 is 52.2 Å². The Hall–Kier alpha value is -3.70. The molecule has 0 aliphatic carbocycles. The van der Waals surface area contributed by atoms with Crippen molar-refractivity contribution in [2.24, 2.45) is 0 Å². The summed E-state index contributed by atoms with van der Waals surface area (Å²) in [6.45, 7) is 7.65. The van der Waals surface area contributed by atoms with Crippen molar-refractivity contribution in [3.8, 4) is 0 Å². The number of amides is 2. The van der Waals surface area contributed by atoms with Crippen LogP contribution in [0.3, 0.4) is 0 Å². The number of carbonyl (C=O) groups is 2. The largest absolute Gasteiger partial charge is 0.326 e. The van der Waals surface area contributed by atoms with Crippen molar-refractivity contribution in [1.29, 1.82) is 0 Å². The first-order valence-corrected chi connectivity index (χ1v) is 11.8. The number of carbonyl (C=O) groups excluding carboxylic acids is 2. The van der Waals surface area contributed by atoms with Crippen molar-refractivity contribution in [3.05, 3.63) is 81.1 Å². The molecule has 0 fully saturated rings. The Labute approximate surface area is 210 Å². The molecule has 1 heterocycles. The zero-order chi connectivity index (χ0) is 25.5. The van der Waals surface area contributed by atoms with Crippen LogP contribution in [0.25, 0.3) is 0 Å². The second kappa shape index (κ2) is 11.6. The lowest BCUT2D eigenvalue weighted by atomic mass is 10.2. The van der Waals surface area contributed by atoms with Gasteiger partial charge in [-0.05, 0) is 43.2 Å². The second-order valence-corrected chi connectivity index (χ2v) is 8.93. The minimum absolute atomic E-state index is 0.0267. The summed E-state index contributed by atoms with van der Waals surface area (Å²) in [5, 5.41) is 25.7. The minimum Gasteiger partial charge on any atom is -0.326 e. The Kier molecular flexibility index (Phi) is 8.61. The molecule has 12 heteroatoms. The lowest BCUT2D eigenvalue weighted by molar-refractivity contribution is -0.384. The number of nitro groups is 1. The molecule has 0 bridgehead atoms. The third-order valence-electron chi connectivity index (χ3n) is 4.91. The molecule has 2 aromatic carbocycles. The third kappa shape index (κ3) is 6.90. The number of nitrogens with zero attached hydrogens (tertiary/aromatic N) is 4. The Balaban J connectivity index is 1.63. The number of allylic oxidation sites excluding steroid dienone is 1. The van der Waals surface area contributed by atoms with Gasteiger partial charge in [0.25, 0.3) is 5.69 Å². The molecular weight excluding hydrogens is 492 g/mol. The van der Waals surface area contributed by atoms with E-state index in [-0.39, 0.29) is 29.7 Å². The maximum absolute atomic E-state index is 12.5. The molecule has 0 atom stereocenters. The van der Waals surface area contributed by atoms with Gasteiger partial charge in [-0.2, -0.15) is 0 Å². The van der Waals surface area contributed by atoms with Crippen LogP contribution in [0.2, 0.25) is 5.02 Å². The first-order chi connectivity index (χ1) is 16.7. The molecule has 0 aliphatic heterocycles. The van der Waals surface area contributed by atoms with Crippen molar-refractivity contribution in [2.75, 3.05) is 16.4 Å². The average molecular weight is 515 g/mol. The summed E-state index contributed by atoms with van der Waals surface area (Å²) in [4.78, 5) is 35.4. The van der Waals surface area contributed by atoms with E-state index in [0.29, 0.717) is 39.5 Å². The number of aryl methyl sites for hydroxylation is 2. The van der Waals surface area contributed by atoms with Crippen LogP contribution in [0, 0.1) is 24.0 Å². The van der Waals surface area contributed by atoms with Crippen LogP contribution in [0.4, 0.5) is 17.1 Å². The molecule has 10 nitrogen and oxygen atoms in total. The number of rotatable bonds is 10. The number of non-ortho nitro benzene ring substituents is 1. The van der Waals surface area contributed by atoms with Crippen LogP contribution in [-0.2, 0) is 22.6 Å². The molecule has 3 aromatic rings. The van der Waals surface area contributed by atoms with E-state index in [1.54, 1.807) is 29.7 Å². The number of anilines is 2. The van der Waals surface area contributed by atoms with E-state index >= 15 is 0 Å². The summed E-state index contributed by atoms with van der Waals surface area (Å²) < 4.78 is 1.71. The Morgan fingerprint density at radius 2 is 1.91 bits per heavy atom. The highest BCUT2D eigenvalue weighted by Crippen LogP contribution is 2.23. The summed E-state index contributed by atoms with van der Waals surface area (Å²) in [6, 6.07) is 9.48. The van der Waals surface area contributed by atoms with Gasteiger partial charge in [0, 0.05) is 35.1 Å². The number of aromatic nitrogens is 3. The van der Waals surface area contributed by atoms with Crippen LogP contribution in [-0.4, -0.2) is 37.3 Å². The minimum atomic E-state index is -0.491. The van der Waals surface area contributed by atoms with Crippen LogP contribution in [0.15, 0.2) is 54.2 Å². The SMILES string of the molecule is C=CCn1c(CC(=O)Nc2ccc(C)c(Cl)c2)nnc1SCC(=O)Nc1ccc([N+](=O)[O-])cc1C. The highest BCUT2D eigenvalue weighted by atomic mass is 35.5. The van der Waals surface area contributed by atoms with Crippen LogP contribution < -0.4 is 10.6 Å². The highest BCUT2D eigenvalue weighted by Gasteiger charge is 2.17. The molecule has 2 N–H and O–H groups in total. The second-order valence-electron chi connectivity index (χ2n) is 7.58. The first-order valence-electron chi connectivity index (χ1n) is 10.4. The molecule has 0 aliphatic rings. The smallest absolute Gasteiger partial charge is 0.269 e. The van der Waals surface area contributed by atoms with Gasteiger partial charge in [0.05, 0.1) is 17.1 Å². The van der Waals surface area contributed by atoms with Crippen LogP contribution in [0.5, 0.6) is 0 Å². The van der Waals surface area contributed by atoms with E-state index in [2.05, 4.69) is 27.4 Å². The van der Waals surface area contributed by atoms with Gasteiger partial charge < -0.3 is 15.2 Å². The number of halogens is 1. The molecule has 182 valence electrons. The van der Waals surface area contributed by atoms with Gasteiger partial charge in [-0.25, -0.2) is 0 Å². The average Bonchev–Trinajstić information content (AvgIpc) is 3.17. The van der Waals surface area contributed by atoms with Crippen molar-refractivity contribution < 1.29 is 14.5 Å². The van der Waals surface area contributed by atoms with Gasteiger partial charge >= 0.3 is 0 Å². The van der Waals surface area contributed by atoms with Crippen LogP contribution in [0.1, 0.15) is 17.0 Å². The fraction of sp³-hybridized carbons (Fsp3) is 0.217. The quantitative estimate of drug-likeness (QED) is 0.175. The van der Waals surface area contributed by atoms with E-state index in [9.17, 15) is 19.7 Å². The topological polar surface area (TPSA) is 132 Å². The molecule has 0 saturated carbocycles. The number of hydrogen-bond donors (Lipinski definition) is 2. The molecule has 0 spiro atoms. The van der Waals surface area contributed by atoms with Gasteiger partial charge in [0.2, 0.25) is 11.8 Å². The maximum atomic E-state index is 12.5. The Bertz CT molecular complexity index is 1290. The number of nitro benzene ring substituents is 1. The predicted octanol–water partition coefficient (Wildman–Crippen LogP) is 4.55. The molecule has 35 heavy (non-hydrogen) atoms. The maximum Gasteiger partial charge on any atom is 0.269 e. The highest BCUT2D eigenvalue weighted by molar-refractivity contribution is 7.99. The van der Waals surface area contributed by atoms with Gasteiger partial charge in [0.1, 0.15) is 5.82 Å². The molecule has 3 rings (SSSR count). The molecule has 1 aromatic heterocycles. The van der Waals surface area contributed by atoms with Gasteiger partial charge in [-0.15, -0.1) is 16.8 Å². The zero-order valence-electron chi connectivity index (χ0n) is 19.1. The van der Waals surface area contributed by atoms with E-state index < -0.39 is 4.92 Å². The van der Waals surface area contributed by atoms with Gasteiger partial charge in [0.15, 0.2) is 5.16 Å². The fourth-order valence-corrected chi connectivity index (χ4v) is 4.05. The number of thioether (sulfide) groups is 1. The normalized spacial score (nSPS) is 10.6. The summed E-state index contributed by atoms with van der Waals surface area (Å²) in [7, 11) is 0. The number of benzene rings is 2. The van der Waals surface area contributed by atoms with E-state index in [1.807, 2.05) is 13.0 Å². The molecule has 0 saturated heterocycles. The van der Waals surface area contributed by atoms with E-state index in [0.717, 1.165) is 17.3 Å². The standard InChI is InChI=1S/C23H23ClN6O4S/c1-4-9-29-20(12-21(31)25-16-6-5-14(2)18(24)11-16)27-28-23(29)35-13-22(32)26-19-8-7-17(30(33)34)10-15(19)3/h4-8,10-11H,1,9,12-13H2,2-3H3,(H,25,31)(H,26,32). The lowest BCUT2D eigenvalue weighted by Crippen LogP contribution is -2.18. The van der Waals surface area contributed by atoms with E-state index in [1.165, 1.54) is 18.2 Å². The van der Waals surface area contributed by atoms with E-state index in [4.69, 9.17) is 11.6 Å². The summed E-state index contributed by atoms with van der Waals surface area (Å²) in [5.74, 6) is -0.143. The zero-order valence-corrected chi connectivity index (χ0v) is 20.7. The Morgan fingerprint density at radius 3 is 2.57 bits per heavy atom. The van der Waals surface area contributed by atoms with Gasteiger partial charge in [-0.1, -0.05) is 35.5 Å². The summed E-state index contributed by atoms with van der Waals surface area (Å²) in [6.07, 6.45) is 1.62. The Morgan fingerprint density at radius 1 is 1.14 bits per heavy atom. The fourth-order valence-electron chi connectivity index (χ4n) is 3.11. The van der Waals surface area contributed by atoms with Crippen molar-refractivity contribution in [3.63, 3.8) is 0 Å². The molecular formula is C23H23ClN6O4S. The van der Waals surface area contributed by atoms with Gasteiger partial charge in [-0.3, -0.25) is 19.7 Å². The van der Waals surface area contributed by atoms with Crippen molar-refractivity contribution in [1.82, 2.24) is 14.8 Å². The lowest BCUT2D eigenvalue weighted by Gasteiger charge is -2.10. The number of nitrogens with one attached hydrogen (secondary N) is 2. The van der Waals surface area contributed by atoms with Crippen LogP contribution >= 0.6 is 23.4 Å². The summed E-state index contributed by atoms with van der Waals surface area (Å²) in [5.41, 5.74) is 2.50. The molecule has 2 amide bonds. The van der Waals surface area contributed by atoms with Crippen molar-refractivity contribution in [2.45, 2.75) is 32.0 Å². The number of hydrogen-bond acceptors (Lipinski definition) is 7. The molecule has 0 radical (unpaired) electrons. The molecule has 0 unspecified atom stereocenters. The first kappa shape index (κ1) is 25.9. The summed E-state index contributed by atoms with van der Waals surface area (Å²) >= 11 is 7.27. The third-order valence-corrected chi connectivity index (χ3v) is 6.28.